The summed E-state index contributed by atoms with van der Waals surface area (Å²) in [6, 6.07) is 0. The maximum absolute atomic E-state index is 11.3. The number of amides is 1. The van der Waals surface area contributed by atoms with E-state index in [2.05, 4.69) is 5.32 Å². The zero-order valence-electron chi connectivity index (χ0n) is 9.47. The third-order valence-electron chi connectivity index (χ3n) is 1.87. The largest absolute Gasteiger partial charge is 0.356 e. The van der Waals surface area contributed by atoms with E-state index in [1.807, 2.05) is 32.9 Å². The Morgan fingerprint density at radius 2 is 2.14 bits per heavy atom. The van der Waals surface area contributed by atoms with Gasteiger partial charge < -0.3 is 11.1 Å². The molecule has 0 fully saturated rings. The number of rotatable bonds is 6. The molecule has 0 aliphatic carbocycles. The topological polar surface area (TPSA) is 55.1 Å². The summed E-state index contributed by atoms with van der Waals surface area (Å²) >= 11 is 0. The Morgan fingerprint density at radius 1 is 1.50 bits per heavy atom. The van der Waals surface area contributed by atoms with Crippen molar-refractivity contribution in [2.45, 2.75) is 45.6 Å². The fraction of sp³-hybridized carbons (Fsp3) is 0.727. The number of hydrogen-bond acceptors (Lipinski definition) is 2. The molecule has 0 spiro atoms. The van der Waals surface area contributed by atoms with Crippen LogP contribution in [0, 0.1) is 0 Å². The van der Waals surface area contributed by atoms with Crippen LogP contribution in [0.15, 0.2) is 12.2 Å². The van der Waals surface area contributed by atoms with Crippen molar-refractivity contribution in [3.8, 4) is 0 Å². The van der Waals surface area contributed by atoms with Crippen molar-refractivity contribution < 1.29 is 4.79 Å². The molecule has 0 rings (SSSR count). The van der Waals surface area contributed by atoms with Crippen LogP contribution >= 0.6 is 0 Å². The van der Waals surface area contributed by atoms with Gasteiger partial charge in [-0.3, -0.25) is 4.79 Å². The van der Waals surface area contributed by atoms with Crippen LogP contribution in [0.2, 0.25) is 0 Å². The van der Waals surface area contributed by atoms with Gasteiger partial charge >= 0.3 is 0 Å². The van der Waals surface area contributed by atoms with E-state index in [0.29, 0.717) is 13.0 Å². The van der Waals surface area contributed by atoms with Crippen LogP contribution in [0.4, 0.5) is 0 Å². The molecule has 0 aromatic heterocycles. The highest BCUT2D eigenvalue weighted by atomic mass is 16.1. The Bertz CT molecular complexity index is 192. The van der Waals surface area contributed by atoms with Crippen LogP contribution in [0.5, 0.6) is 0 Å². The van der Waals surface area contributed by atoms with Crippen LogP contribution in [0.25, 0.3) is 0 Å². The molecule has 0 radical (unpaired) electrons. The molecule has 3 nitrogen and oxygen atoms in total. The van der Waals surface area contributed by atoms with E-state index in [4.69, 9.17) is 5.73 Å². The Balaban J connectivity index is 3.47. The van der Waals surface area contributed by atoms with Crippen LogP contribution in [-0.4, -0.2) is 18.0 Å². The predicted octanol–water partition coefficient (Wildman–Crippen LogP) is 1.59. The summed E-state index contributed by atoms with van der Waals surface area (Å²) in [6.45, 7) is 6.55. The second-order valence-electron chi connectivity index (χ2n) is 4.20. The zero-order valence-corrected chi connectivity index (χ0v) is 9.47. The van der Waals surface area contributed by atoms with Crippen molar-refractivity contribution in [3.05, 3.63) is 12.2 Å². The van der Waals surface area contributed by atoms with Gasteiger partial charge in [0.05, 0.1) is 0 Å². The van der Waals surface area contributed by atoms with E-state index in [9.17, 15) is 4.79 Å². The van der Waals surface area contributed by atoms with E-state index in [1.165, 1.54) is 0 Å². The molecule has 0 aromatic rings. The lowest BCUT2D eigenvalue weighted by atomic mass is 10.00. The van der Waals surface area contributed by atoms with Gasteiger partial charge in [0, 0.05) is 18.5 Å². The average molecular weight is 198 g/mol. The second kappa shape index (κ2) is 6.60. The summed E-state index contributed by atoms with van der Waals surface area (Å²) in [5, 5.41) is 2.84. The Hall–Kier alpha value is -0.830. The summed E-state index contributed by atoms with van der Waals surface area (Å²) in [5.41, 5.74) is 5.52. The van der Waals surface area contributed by atoms with Crippen molar-refractivity contribution in [2.24, 2.45) is 5.73 Å². The lowest BCUT2D eigenvalue weighted by Gasteiger charge is -2.17. The number of nitrogens with one attached hydrogen (secondary N) is 1. The highest BCUT2D eigenvalue weighted by Gasteiger charge is 2.12. The monoisotopic (exact) mass is 198 g/mol. The SMILES string of the molecule is C/C=C/CCNC(=O)CCC(C)(C)N. The first kappa shape index (κ1) is 13.2. The molecule has 3 N–H and O–H groups in total. The van der Waals surface area contributed by atoms with Gasteiger partial charge in [-0.1, -0.05) is 12.2 Å². The molecule has 0 aromatic carbocycles. The first-order valence-electron chi connectivity index (χ1n) is 5.12. The molecule has 0 unspecified atom stereocenters. The molecule has 0 aliphatic rings. The molecule has 82 valence electrons. The normalized spacial score (nSPS) is 12.0. The second-order valence-corrected chi connectivity index (χ2v) is 4.20. The third-order valence-corrected chi connectivity index (χ3v) is 1.87. The fourth-order valence-corrected chi connectivity index (χ4v) is 0.986. The zero-order chi connectivity index (χ0) is 11.0. The smallest absolute Gasteiger partial charge is 0.220 e. The van der Waals surface area contributed by atoms with Crippen molar-refractivity contribution in [1.29, 1.82) is 0 Å². The molecule has 3 heteroatoms. The standard InChI is InChI=1S/C11H22N2O/c1-4-5-6-9-13-10(14)7-8-11(2,3)12/h4-5H,6-9,12H2,1-3H3,(H,13,14)/b5-4+. The summed E-state index contributed by atoms with van der Waals surface area (Å²) in [5.74, 6) is 0.0908. The molecule has 0 atom stereocenters. The van der Waals surface area contributed by atoms with Crippen molar-refractivity contribution in [2.75, 3.05) is 6.54 Å². The Morgan fingerprint density at radius 3 is 2.64 bits per heavy atom. The summed E-state index contributed by atoms with van der Waals surface area (Å²) in [4.78, 5) is 11.3. The quantitative estimate of drug-likeness (QED) is 0.503. The van der Waals surface area contributed by atoms with E-state index < -0.39 is 0 Å². The summed E-state index contributed by atoms with van der Waals surface area (Å²) < 4.78 is 0. The van der Waals surface area contributed by atoms with Gasteiger partial charge in [-0.2, -0.15) is 0 Å². The first-order chi connectivity index (χ1) is 6.45. The lowest BCUT2D eigenvalue weighted by molar-refractivity contribution is -0.121. The van der Waals surface area contributed by atoms with Gasteiger partial charge in [-0.05, 0) is 33.6 Å². The minimum atomic E-state index is -0.249. The van der Waals surface area contributed by atoms with E-state index >= 15 is 0 Å². The number of carbonyl (C=O) groups is 1. The maximum atomic E-state index is 11.3. The van der Waals surface area contributed by atoms with E-state index in [1.54, 1.807) is 0 Å². The molecule has 0 saturated carbocycles. The van der Waals surface area contributed by atoms with Gasteiger partial charge in [0.2, 0.25) is 5.91 Å². The van der Waals surface area contributed by atoms with Crippen molar-refractivity contribution in [3.63, 3.8) is 0 Å². The molecule has 14 heavy (non-hydrogen) atoms. The van der Waals surface area contributed by atoms with E-state index in [0.717, 1.165) is 12.8 Å². The van der Waals surface area contributed by atoms with Crippen LogP contribution in [0.3, 0.4) is 0 Å². The minimum Gasteiger partial charge on any atom is -0.356 e. The molecule has 0 saturated heterocycles. The van der Waals surface area contributed by atoms with Gasteiger partial charge in [-0.15, -0.1) is 0 Å². The Kier molecular flexibility index (Phi) is 6.21. The van der Waals surface area contributed by atoms with Gasteiger partial charge in [0.25, 0.3) is 0 Å². The van der Waals surface area contributed by atoms with Crippen molar-refractivity contribution in [1.82, 2.24) is 5.32 Å². The highest BCUT2D eigenvalue weighted by molar-refractivity contribution is 5.75. The minimum absolute atomic E-state index is 0.0908. The number of hydrogen-bond donors (Lipinski definition) is 2. The predicted molar refractivity (Wildman–Crippen MR) is 59.9 cm³/mol. The number of nitrogens with two attached hydrogens (primary N) is 1. The summed E-state index contributed by atoms with van der Waals surface area (Å²) in [6.07, 6.45) is 6.15. The molecular weight excluding hydrogens is 176 g/mol. The number of allylic oxidation sites excluding steroid dienone is 1. The lowest BCUT2D eigenvalue weighted by Crippen LogP contribution is -2.34. The first-order valence-corrected chi connectivity index (χ1v) is 5.12. The Labute approximate surface area is 86.8 Å². The van der Waals surface area contributed by atoms with Crippen LogP contribution in [0.1, 0.15) is 40.0 Å². The molecule has 0 heterocycles. The number of carbonyl (C=O) groups excluding carboxylic acids is 1. The van der Waals surface area contributed by atoms with Crippen LogP contribution in [-0.2, 0) is 4.79 Å². The highest BCUT2D eigenvalue weighted by Crippen LogP contribution is 2.06. The molecule has 0 aliphatic heterocycles. The van der Waals surface area contributed by atoms with Gasteiger partial charge in [0.15, 0.2) is 0 Å². The van der Waals surface area contributed by atoms with E-state index in [-0.39, 0.29) is 11.4 Å². The molecular formula is C11H22N2O. The summed E-state index contributed by atoms with van der Waals surface area (Å²) in [7, 11) is 0. The fourth-order valence-electron chi connectivity index (χ4n) is 0.986. The van der Waals surface area contributed by atoms with Crippen molar-refractivity contribution >= 4 is 5.91 Å². The van der Waals surface area contributed by atoms with Gasteiger partial charge in [-0.25, -0.2) is 0 Å². The van der Waals surface area contributed by atoms with Gasteiger partial charge in [0.1, 0.15) is 0 Å². The molecule has 0 bridgehead atoms. The maximum Gasteiger partial charge on any atom is 0.220 e. The van der Waals surface area contributed by atoms with Crippen LogP contribution < -0.4 is 11.1 Å². The average Bonchev–Trinajstić information content (AvgIpc) is 2.08. The third kappa shape index (κ3) is 9.26. The molecule has 1 amide bonds.